The number of aromatic nitrogens is 2. The Morgan fingerprint density at radius 3 is 2.50 bits per heavy atom. The fourth-order valence-corrected chi connectivity index (χ4v) is 3.15. The van der Waals surface area contributed by atoms with E-state index in [4.69, 9.17) is 14.2 Å². The second-order valence-electron chi connectivity index (χ2n) is 7.19. The molecular formula is C21H22N2O9. The highest BCUT2D eigenvalue weighted by molar-refractivity contribution is 5.89. The molecule has 1 aromatic heterocycles. The number of aromatic amines is 1. The summed E-state index contributed by atoms with van der Waals surface area (Å²) in [7, 11) is 0. The molecule has 0 spiro atoms. The van der Waals surface area contributed by atoms with E-state index in [1.165, 1.54) is 19.1 Å². The molecule has 2 aromatic rings. The van der Waals surface area contributed by atoms with Gasteiger partial charge in [0, 0.05) is 18.7 Å². The highest BCUT2D eigenvalue weighted by Gasteiger charge is 2.48. The van der Waals surface area contributed by atoms with Crippen LogP contribution in [-0.2, 0) is 23.8 Å². The number of nitrogens with one attached hydrogen (secondary N) is 1. The maximum absolute atomic E-state index is 12.5. The molecule has 170 valence electrons. The number of Topliss-reactive ketones (excluding diaryl/α,β-unsaturated/α-hetero) is 1. The number of aliphatic hydroxyl groups is 1. The lowest BCUT2D eigenvalue weighted by Gasteiger charge is -2.20. The molecule has 11 nitrogen and oxygen atoms in total. The lowest BCUT2D eigenvalue weighted by molar-refractivity contribution is -0.151. The summed E-state index contributed by atoms with van der Waals surface area (Å²) in [6, 6.07) is 9.09. The summed E-state index contributed by atoms with van der Waals surface area (Å²) in [6.07, 6.45) is -4.21. The summed E-state index contributed by atoms with van der Waals surface area (Å²) in [5, 5.41) is 10.8. The van der Waals surface area contributed by atoms with Crippen molar-refractivity contribution in [2.75, 3.05) is 6.61 Å². The van der Waals surface area contributed by atoms with Gasteiger partial charge in [0.05, 0.1) is 12.0 Å². The van der Waals surface area contributed by atoms with Crippen LogP contribution in [0.15, 0.2) is 52.2 Å². The Morgan fingerprint density at radius 2 is 1.84 bits per heavy atom. The van der Waals surface area contributed by atoms with E-state index in [2.05, 4.69) is 0 Å². The van der Waals surface area contributed by atoms with Crippen molar-refractivity contribution in [2.45, 2.75) is 44.3 Å². The van der Waals surface area contributed by atoms with Crippen LogP contribution in [0.25, 0.3) is 0 Å². The molecule has 32 heavy (non-hydrogen) atoms. The van der Waals surface area contributed by atoms with E-state index >= 15 is 0 Å². The molecule has 0 bridgehead atoms. The van der Waals surface area contributed by atoms with E-state index in [-0.39, 0.29) is 24.2 Å². The minimum atomic E-state index is -1.51. The van der Waals surface area contributed by atoms with Crippen molar-refractivity contribution in [3.05, 3.63) is 69.0 Å². The van der Waals surface area contributed by atoms with Gasteiger partial charge < -0.3 is 24.1 Å². The number of hydrogen-bond acceptors (Lipinski definition) is 9. The van der Waals surface area contributed by atoms with Gasteiger partial charge in [-0.05, 0) is 19.1 Å². The Morgan fingerprint density at radius 1 is 1.12 bits per heavy atom. The second kappa shape index (κ2) is 10.2. The molecule has 3 rings (SSSR count). The fourth-order valence-electron chi connectivity index (χ4n) is 3.15. The van der Waals surface area contributed by atoms with Crippen LogP contribution in [0.3, 0.4) is 0 Å². The summed E-state index contributed by atoms with van der Waals surface area (Å²) in [5.41, 5.74) is -1.25. The molecule has 0 aliphatic carbocycles. The lowest BCUT2D eigenvalue weighted by Crippen LogP contribution is -2.40. The van der Waals surface area contributed by atoms with Crippen molar-refractivity contribution in [2.24, 2.45) is 0 Å². The van der Waals surface area contributed by atoms with Gasteiger partial charge in [0.15, 0.2) is 12.3 Å². The average Bonchev–Trinajstić information content (AvgIpc) is 3.06. The molecule has 2 N–H and O–H groups in total. The van der Waals surface area contributed by atoms with Crippen molar-refractivity contribution in [1.29, 1.82) is 0 Å². The molecule has 1 saturated heterocycles. The van der Waals surface area contributed by atoms with Gasteiger partial charge in [-0.1, -0.05) is 18.2 Å². The number of H-pyrrole nitrogens is 1. The molecule has 0 radical (unpaired) electrons. The van der Waals surface area contributed by atoms with Crippen LogP contribution < -0.4 is 11.2 Å². The topological polar surface area (TPSA) is 154 Å². The summed E-state index contributed by atoms with van der Waals surface area (Å²) < 4.78 is 17.1. The summed E-state index contributed by atoms with van der Waals surface area (Å²) >= 11 is 0. The van der Waals surface area contributed by atoms with Crippen molar-refractivity contribution in [1.82, 2.24) is 9.55 Å². The molecule has 0 unspecified atom stereocenters. The zero-order valence-corrected chi connectivity index (χ0v) is 17.1. The van der Waals surface area contributed by atoms with Crippen LogP contribution in [0.2, 0.25) is 0 Å². The van der Waals surface area contributed by atoms with Crippen molar-refractivity contribution in [3.63, 3.8) is 0 Å². The third-order valence-corrected chi connectivity index (χ3v) is 4.78. The van der Waals surface area contributed by atoms with Gasteiger partial charge in [-0.2, -0.15) is 0 Å². The Labute approximate surface area is 181 Å². The Kier molecular flexibility index (Phi) is 7.33. The van der Waals surface area contributed by atoms with Crippen LogP contribution in [0, 0.1) is 0 Å². The van der Waals surface area contributed by atoms with Crippen molar-refractivity contribution < 1.29 is 33.7 Å². The summed E-state index contributed by atoms with van der Waals surface area (Å²) in [4.78, 5) is 60.9. The summed E-state index contributed by atoms with van der Waals surface area (Å²) in [6.45, 7) is 0.949. The Bertz CT molecular complexity index is 1090. The standard InChI is InChI=1S/C21H22N2O9/c1-12(24)7-8-16(26)30-11-14-18(32-20(28)13-5-3-2-4-6-13)17(27)19(31-14)23-10-9-15(25)22-21(23)29/h2-6,9-10,14,17-19,27H,7-8,11H2,1H3,(H,22,25,29)/t14-,17-,18-,19-/m1/s1. The first-order chi connectivity index (χ1) is 15.3. The maximum atomic E-state index is 12.5. The van der Waals surface area contributed by atoms with Gasteiger partial charge in [-0.25, -0.2) is 9.59 Å². The monoisotopic (exact) mass is 446 g/mol. The minimum Gasteiger partial charge on any atom is -0.463 e. The normalized spacial score (nSPS) is 22.3. The van der Waals surface area contributed by atoms with Gasteiger partial charge in [0.25, 0.3) is 5.56 Å². The molecule has 1 aliphatic rings. The highest BCUT2D eigenvalue weighted by Crippen LogP contribution is 2.31. The van der Waals surface area contributed by atoms with Crippen LogP contribution in [0.4, 0.5) is 0 Å². The van der Waals surface area contributed by atoms with E-state index < -0.39 is 54.3 Å². The van der Waals surface area contributed by atoms with Crippen molar-refractivity contribution in [3.8, 4) is 0 Å². The SMILES string of the molecule is CC(=O)CCC(=O)OC[C@H]1O[C@@H](n2ccc(=O)[nH]c2=O)[C@H](O)[C@@H]1OC(=O)c1ccccc1. The fraction of sp³-hybridized carbons (Fsp3) is 0.381. The third-order valence-electron chi connectivity index (χ3n) is 4.78. The van der Waals surface area contributed by atoms with Gasteiger partial charge in [-0.3, -0.25) is 19.1 Å². The number of rotatable bonds is 8. The number of hydrogen-bond donors (Lipinski definition) is 2. The van der Waals surface area contributed by atoms with Crippen LogP contribution in [-0.4, -0.2) is 57.3 Å². The molecule has 2 heterocycles. The van der Waals surface area contributed by atoms with Crippen molar-refractivity contribution >= 4 is 17.7 Å². The minimum absolute atomic E-state index is 0.00873. The molecular weight excluding hydrogens is 424 g/mol. The predicted octanol–water partition coefficient (Wildman–Crippen LogP) is -0.0671. The van der Waals surface area contributed by atoms with E-state index in [9.17, 15) is 29.1 Å². The number of esters is 2. The van der Waals surface area contributed by atoms with Gasteiger partial charge >= 0.3 is 17.6 Å². The molecule has 1 aliphatic heterocycles. The zero-order chi connectivity index (χ0) is 23.3. The van der Waals surface area contributed by atoms with E-state index in [0.29, 0.717) is 0 Å². The number of ether oxygens (including phenoxy) is 3. The first-order valence-electron chi connectivity index (χ1n) is 9.82. The number of nitrogens with zero attached hydrogens (tertiary/aromatic N) is 1. The number of carbonyl (C=O) groups excluding carboxylic acids is 3. The zero-order valence-electron chi connectivity index (χ0n) is 17.1. The first-order valence-corrected chi connectivity index (χ1v) is 9.82. The molecule has 11 heteroatoms. The number of benzene rings is 1. The maximum Gasteiger partial charge on any atom is 0.338 e. The largest absolute Gasteiger partial charge is 0.463 e. The quantitative estimate of drug-likeness (QED) is 0.530. The average molecular weight is 446 g/mol. The third kappa shape index (κ3) is 5.56. The van der Waals surface area contributed by atoms with Crippen LogP contribution >= 0.6 is 0 Å². The number of aliphatic hydroxyl groups excluding tert-OH is 1. The van der Waals surface area contributed by atoms with E-state index in [1.54, 1.807) is 18.2 Å². The molecule has 1 aromatic carbocycles. The molecule has 0 amide bonds. The summed E-state index contributed by atoms with van der Waals surface area (Å²) in [5.74, 6) is -1.60. The number of carbonyl (C=O) groups is 3. The van der Waals surface area contributed by atoms with Crippen LogP contribution in [0.5, 0.6) is 0 Å². The van der Waals surface area contributed by atoms with Gasteiger partial charge in [0.2, 0.25) is 0 Å². The highest BCUT2D eigenvalue weighted by atomic mass is 16.6. The first kappa shape index (κ1) is 23.1. The molecule has 4 atom stereocenters. The second-order valence-corrected chi connectivity index (χ2v) is 7.19. The van der Waals surface area contributed by atoms with Gasteiger partial charge in [-0.15, -0.1) is 0 Å². The Balaban J connectivity index is 1.79. The van der Waals surface area contributed by atoms with Crippen LogP contribution in [0.1, 0.15) is 36.4 Å². The number of ketones is 1. The van der Waals surface area contributed by atoms with E-state index in [1.807, 2.05) is 4.98 Å². The lowest BCUT2D eigenvalue weighted by atomic mass is 10.1. The predicted molar refractivity (Wildman–Crippen MR) is 108 cm³/mol. The Hall–Kier alpha value is -3.57. The van der Waals surface area contributed by atoms with Gasteiger partial charge in [0.1, 0.15) is 24.6 Å². The molecule has 1 fully saturated rings. The molecule has 0 saturated carbocycles. The van der Waals surface area contributed by atoms with E-state index in [0.717, 1.165) is 16.8 Å². The smallest absolute Gasteiger partial charge is 0.338 e.